The molecule has 6 N–H and O–H groups in total. The SMILES string of the molecule is CC(C)[C@H](NC(=O)N(C)C)C(=O)N[C@@H](Cc1ccccc1)[C@@H](O)CN(Cc1ccc(O)cc1)NC(=O)[C@@H](NC(=O)N(C)C)C(C)C. The quantitative estimate of drug-likeness (QED) is 0.162. The van der Waals surface area contributed by atoms with Crippen LogP contribution in [0.25, 0.3) is 0 Å². The number of phenolic OH excluding ortho intramolecular Hbond substituents is 1. The number of amides is 6. The Bertz CT molecular complexity index is 1270. The summed E-state index contributed by atoms with van der Waals surface area (Å²) in [5.41, 5.74) is 4.45. The molecule has 2 aromatic carbocycles. The Morgan fingerprint density at radius 1 is 0.696 bits per heavy atom. The van der Waals surface area contributed by atoms with Gasteiger partial charge < -0.3 is 36.0 Å². The van der Waals surface area contributed by atoms with Crippen molar-refractivity contribution in [1.82, 2.24) is 36.2 Å². The first-order valence-corrected chi connectivity index (χ1v) is 15.4. The summed E-state index contributed by atoms with van der Waals surface area (Å²) in [5.74, 6) is -1.34. The number of aromatic hydroxyl groups is 1. The summed E-state index contributed by atoms with van der Waals surface area (Å²) in [6.07, 6.45) is -0.915. The highest BCUT2D eigenvalue weighted by Gasteiger charge is 2.32. The summed E-state index contributed by atoms with van der Waals surface area (Å²) < 4.78 is 0. The molecular weight excluding hydrogens is 590 g/mol. The highest BCUT2D eigenvalue weighted by Crippen LogP contribution is 2.14. The van der Waals surface area contributed by atoms with E-state index in [0.717, 1.165) is 11.1 Å². The van der Waals surface area contributed by atoms with Crippen molar-refractivity contribution in [2.75, 3.05) is 34.7 Å². The third-order valence-electron chi connectivity index (χ3n) is 7.34. The number of nitrogens with zero attached hydrogens (tertiary/aromatic N) is 3. The average Bonchev–Trinajstić information content (AvgIpc) is 2.98. The largest absolute Gasteiger partial charge is 0.508 e. The first kappa shape index (κ1) is 37.8. The molecule has 254 valence electrons. The number of rotatable bonds is 15. The van der Waals surface area contributed by atoms with Gasteiger partial charge in [-0.1, -0.05) is 70.2 Å². The third kappa shape index (κ3) is 12.2. The van der Waals surface area contributed by atoms with Crippen molar-refractivity contribution in [1.29, 1.82) is 0 Å². The zero-order chi connectivity index (χ0) is 34.6. The highest BCUT2D eigenvalue weighted by atomic mass is 16.3. The number of carbonyl (C=O) groups is 4. The van der Waals surface area contributed by atoms with Crippen molar-refractivity contribution < 1.29 is 29.4 Å². The summed E-state index contributed by atoms with van der Waals surface area (Å²) in [6.45, 7) is 7.30. The number of carbonyl (C=O) groups excluding carboxylic acids is 4. The normalized spacial score (nSPS) is 13.8. The van der Waals surface area contributed by atoms with Crippen LogP contribution in [0.4, 0.5) is 9.59 Å². The highest BCUT2D eigenvalue weighted by molar-refractivity contribution is 5.88. The van der Waals surface area contributed by atoms with Gasteiger partial charge in [-0.15, -0.1) is 0 Å². The maximum atomic E-state index is 13.5. The van der Waals surface area contributed by atoms with Gasteiger partial charge >= 0.3 is 12.1 Å². The fourth-order valence-electron chi connectivity index (χ4n) is 4.57. The number of hydrogen-bond donors (Lipinski definition) is 6. The minimum Gasteiger partial charge on any atom is -0.508 e. The van der Waals surface area contributed by atoms with Gasteiger partial charge in [-0.05, 0) is 41.5 Å². The average molecular weight is 642 g/mol. The first-order chi connectivity index (χ1) is 21.6. The molecule has 46 heavy (non-hydrogen) atoms. The van der Waals surface area contributed by atoms with Crippen LogP contribution in [0.3, 0.4) is 0 Å². The minimum absolute atomic E-state index is 0.0809. The van der Waals surface area contributed by atoms with E-state index < -0.39 is 48.1 Å². The van der Waals surface area contributed by atoms with E-state index in [1.807, 2.05) is 58.0 Å². The summed E-state index contributed by atoms with van der Waals surface area (Å²) in [7, 11) is 6.32. The number of aliphatic hydroxyl groups excluding tert-OH is 1. The minimum atomic E-state index is -1.19. The Balaban J connectivity index is 2.39. The second-order valence-electron chi connectivity index (χ2n) is 12.5. The van der Waals surface area contributed by atoms with Crippen LogP contribution in [-0.4, -0.2) is 108 Å². The lowest BCUT2D eigenvalue weighted by Gasteiger charge is -2.33. The van der Waals surface area contributed by atoms with E-state index in [-0.39, 0.29) is 37.1 Å². The zero-order valence-electron chi connectivity index (χ0n) is 28.2. The summed E-state index contributed by atoms with van der Waals surface area (Å²) >= 11 is 0. The molecule has 0 heterocycles. The smallest absolute Gasteiger partial charge is 0.317 e. The number of benzene rings is 2. The van der Waals surface area contributed by atoms with Gasteiger partial charge in [0.1, 0.15) is 17.8 Å². The molecule has 0 fully saturated rings. The molecule has 0 aromatic heterocycles. The molecule has 13 heteroatoms. The maximum Gasteiger partial charge on any atom is 0.317 e. The molecule has 0 radical (unpaired) electrons. The number of hydrazine groups is 1. The van der Waals surface area contributed by atoms with E-state index in [1.165, 1.54) is 26.9 Å². The van der Waals surface area contributed by atoms with Crippen molar-refractivity contribution in [3.63, 3.8) is 0 Å². The Hall–Kier alpha value is -4.36. The molecule has 0 spiro atoms. The standard InChI is InChI=1S/C33H51N7O6/c1-21(2)28(35-32(45)38(5)6)30(43)34-26(18-23-12-10-9-11-13-23)27(42)20-40(19-24-14-16-25(41)17-15-24)37-31(44)29(22(3)4)36-33(46)39(7)8/h9-17,21-22,26-29,41-42H,18-20H2,1-8H3,(H,34,43)(H,35,45)(H,36,46)(H,37,44)/t26-,27-,28-,29-/m0/s1. The molecule has 6 amide bonds. The van der Waals surface area contributed by atoms with Gasteiger partial charge in [-0.3, -0.25) is 15.0 Å². The van der Waals surface area contributed by atoms with E-state index in [1.54, 1.807) is 40.3 Å². The lowest BCUT2D eigenvalue weighted by atomic mass is 9.98. The van der Waals surface area contributed by atoms with Crippen molar-refractivity contribution in [3.8, 4) is 5.75 Å². The fourth-order valence-corrected chi connectivity index (χ4v) is 4.57. The molecule has 0 aliphatic carbocycles. The number of aliphatic hydroxyl groups is 1. The van der Waals surface area contributed by atoms with Crippen molar-refractivity contribution in [3.05, 3.63) is 65.7 Å². The lowest BCUT2D eigenvalue weighted by Crippen LogP contribution is -2.59. The molecule has 2 rings (SSSR count). The van der Waals surface area contributed by atoms with E-state index in [2.05, 4.69) is 21.4 Å². The Kier molecular flexibility index (Phi) is 14.8. The van der Waals surface area contributed by atoms with E-state index in [4.69, 9.17) is 0 Å². The number of nitrogens with one attached hydrogen (secondary N) is 4. The molecular formula is C33H51N7O6. The fraction of sp³-hybridized carbons (Fsp3) is 0.515. The third-order valence-corrected chi connectivity index (χ3v) is 7.34. The molecule has 0 unspecified atom stereocenters. The summed E-state index contributed by atoms with van der Waals surface area (Å²) in [6, 6.07) is 12.4. The maximum absolute atomic E-state index is 13.5. The first-order valence-electron chi connectivity index (χ1n) is 15.4. The van der Waals surface area contributed by atoms with Crippen LogP contribution in [0.2, 0.25) is 0 Å². The Labute approximate surface area is 272 Å². The van der Waals surface area contributed by atoms with Crippen molar-refractivity contribution in [2.45, 2.75) is 64.9 Å². The number of urea groups is 2. The molecule has 4 atom stereocenters. The Morgan fingerprint density at radius 3 is 1.67 bits per heavy atom. The van der Waals surface area contributed by atoms with Crippen molar-refractivity contribution >= 4 is 23.9 Å². The molecule has 13 nitrogen and oxygen atoms in total. The van der Waals surface area contributed by atoms with Crippen LogP contribution in [0.15, 0.2) is 54.6 Å². The topological polar surface area (TPSA) is 167 Å². The van der Waals surface area contributed by atoms with Gasteiger partial charge in [-0.2, -0.15) is 0 Å². The molecule has 0 bridgehead atoms. The second-order valence-corrected chi connectivity index (χ2v) is 12.5. The molecule has 0 saturated heterocycles. The number of phenols is 1. The zero-order valence-corrected chi connectivity index (χ0v) is 28.2. The van der Waals surface area contributed by atoms with Crippen LogP contribution in [-0.2, 0) is 22.6 Å². The van der Waals surface area contributed by atoms with E-state index in [9.17, 15) is 29.4 Å². The number of hydrogen-bond acceptors (Lipinski definition) is 7. The summed E-state index contributed by atoms with van der Waals surface area (Å²) in [4.78, 5) is 54.6. The van der Waals surface area contributed by atoms with Crippen LogP contribution in [0.1, 0.15) is 38.8 Å². The molecule has 2 aromatic rings. The lowest BCUT2D eigenvalue weighted by molar-refractivity contribution is -0.131. The second kappa shape index (κ2) is 18.0. The molecule has 0 saturated carbocycles. The van der Waals surface area contributed by atoms with Crippen LogP contribution in [0, 0.1) is 11.8 Å². The molecule has 0 aliphatic heterocycles. The van der Waals surface area contributed by atoms with Gasteiger partial charge in [0, 0.05) is 41.3 Å². The Morgan fingerprint density at radius 2 is 1.20 bits per heavy atom. The van der Waals surface area contributed by atoms with Crippen LogP contribution < -0.4 is 21.4 Å². The van der Waals surface area contributed by atoms with Crippen molar-refractivity contribution in [2.24, 2.45) is 11.8 Å². The summed E-state index contributed by atoms with van der Waals surface area (Å²) in [5, 5.41) is 31.4. The molecule has 0 aliphatic rings. The van der Waals surface area contributed by atoms with Gasteiger partial charge in [0.2, 0.25) is 5.91 Å². The van der Waals surface area contributed by atoms with Gasteiger partial charge in [0.05, 0.1) is 12.1 Å². The van der Waals surface area contributed by atoms with Gasteiger partial charge in [0.25, 0.3) is 5.91 Å². The van der Waals surface area contributed by atoms with Gasteiger partial charge in [0.15, 0.2) is 0 Å². The van der Waals surface area contributed by atoms with Crippen LogP contribution in [0.5, 0.6) is 5.75 Å². The van der Waals surface area contributed by atoms with Crippen LogP contribution >= 0.6 is 0 Å². The van der Waals surface area contributed by atoms with Gasteiger partial charge in [-0.25, -0.2) is 14.6 Å². The predicted molar refractivity (Wildman–Crippen MR) is 176 cm³/mol. The van der Waals surface area contributed by atoms with E-state index in [0.29, 0.717) is 0 Å². The predicted octanol–water partition coefficient (Wildman–Crippen LogP) is 1.91. The van der Waals surface area contributed by atoms with E-state index >= 15 is 0 Å². The monoisotopic (exact) mass is 641 g/mol.